The van der Waals surface area contributed by atoms with Crippen LogP contribution in [0.25, 0.3) is 0 Å². The lowest BCUT2D eigenvalue weighted by Gasteiger charge is -2.29. The van der Waals surface area contributed by atoms with Crippen molar-refractivity contribution in [2.45, 2.75) is 19.3 Å². The molecule has 0 radical (unpaired) electrons. The molecule has 36 heavy (non-hydrogen) atoms. The van der Waals surface area contributed by atoms with Crippen molar-refractivity contribution in [1.29, 1.82) is 5.41 Å². The fourth-order valence-corrected chi connectivity index (χ4v) is 4.02. The number of para-hydroxylation sites is 1. The van der Waals surface area contributed by atoms with Crippen LogP contribution in [0.3, 0.4) is 0 Å². The van der Waals surface area contributed by atoms with Gasteiger partial charge in [-0.3, -0.25) is 15.0 Å². The molecule has 0 saturated carbocycles. The fourth-order valence-electron chi connectivity index (χ4n) is 4.02. The second kappa shape index (κ2) is 11.2. The van der Waals surface area contributed by atoms with Gasteiger partial charge >= 0.3 is 0 Å². The summed E-state index contributed by atoms with van der Waals surface area (Å²) in [6, 6.07) is 15.1. The van der Waals surface area contributed by atoms with Gasteiger partial charge in [0.15, 0.2) is 0 Å². The summed E-state index contributed by atoms with van der Waals surface area (Å²) in [4.78, 5) is 32.3. The van der Waals surface area contributed by atoms with Crippen molar-refractivity contribution in [2.75, 3.05) is 30.8 Å². The van der Waals surface area contributed by atoms with Crippen LogP contribution in [0, 0.1) is 17.8 Å². The molecule has 2 amide bonds. The minimum Gasteiger partial charge on any atom is -0.495 e. The summed E-state index contributed by atoms with van der Waals surface area (Å²) in [5.41, 5.74) is 2.21. The molecule has 182 valence electrons. The third-order valence-corrected chi connectivity index (χ3v) is 5.99. The van der Waals surface area contributed by atoms with Gasteiger partial charge in [-0.15, -0.1) is 6.42 Å². The predicted octanol–water partition coefficient (Wildman–Crippen LogP) is 4.39. The molecule has 1 saturated heterocycles. The van der Waals surface area contributed by atoms with E-state index in [1.165, 1.54) is 19.7 Å². The molecule has 1 aliphatic rings. The highest BCUT2D eigenvalue weighted by Gasteiger charge is 2.20. The van der Waals surface area contributed by atoms with Crippen molar-refractivity contribution in [1.82, 2.24) is 9.88 Å². The molecule has 8 heteroatoms. The van der Waals surface area contributed by atoms with E-state index < -0.39 is 11.8 Å². The van der Waals surface area contributed by atoms with Gasteiger partial charge < -0.3 is 20.3 Å². The van der Waals surface area contributed by atoms with Gasteiger partial charge in [-0.2, -0.15) is 0 Å². The monoisotopic (exact) mass is 481 g/mol. The maximum absolute atomic E-state index is 13.1. The van der Waals surface area contributed by atoms with E-state index in [0.717, 1.165) is 31.5 Å². The van der Waals surface area contributed by atoms with Crippen molar-refractivity contribution in [3.8, 4) is 18.1 Å². The Bertz CT molecular complexity index is 1300. The van der Waals surface area contributed by atoms with Gasteiger partial charge in [-0.25, -0.2) is 4.98 Å². The number of terminal acetylenes is 1. The Morgan fingerprint density at radius 3 is 2.33 bits per heavy atom. The summed E-state index contributed by atoms with van der Waals surface area (Å²) in [5.74, 6) is 2.74. The van der Waals surface area contributed by atoms with E-state index >= 15 is 0 Å². The number of carbonyl (C=O) groups is 2. The van der Waals surface area contributed by atoms with Crippen LogP contribution in [0.2, 0.25) is 0 Å². The third-order valence-electron chi connectivity index (χ3n) is 5.99. The van der Waals surface area contributed by atoms with Crippen LogP contribution in [0.5, 0.6) is 5.75 Å². The number of aromatic nitrogens is 1. The molecule has 3 N–H and O–H groups in total. The molecule has 0 bridgehead atoms. The predicted molar refractivity (Wildman–Crippen MR) is 140 cm³/mol. The van der Waals surface area contributed by atoms with Gasteiger partial charge in [0.05, 0.1) is 18.4 Å². The quantitative estimate of drug-likeness (QED) is 0.275. The molecule has 4 rings (SSSR count). The first-order valence-corrected chi connectivity index (χ1v) is 11.7. The highest BCUT2D eigenvalue weighted by atomic mass is 16.5. The molecule has 1 aliphatic heterocycles. The number of amides is 2. The summed E-state index contributed by atoms with van der Waals surface area (Å²) in [6.07, 6.45) is 10.2. The zero-order chi connectivity index (χ0) is 25.5. The second-order valence-electron chi connectivity index (χ2n) is 8.34. The van der Waals surface area contributed by atoms with Crippen LogP contribution in [-0.4, -0.2) is 47.7 Å². The summed E-state index contributed by atoms with van der Waals surface area (Å²) in [5, 5.41) is 14.0. The Morgan fingerprint density at radius 1 is 0.972 bits per heavy atom. The average molecular weight is 482 g/mol. The van der Waals surface area contributed by atoms with Crippen molar-refractivity contribution in [3.63, 3.8) is 0 Å². The first-order valence-electron chi connectivity index (χ1n) is 11.7. The first-order chi connectivity index (χ1) is 17.5. The molecular formula is C28H27N5O3. The molecule has 0 spiro atoms. The molecule has 0 aliphatic carbocycles. The number of benzene rings is 2. The van der Waals surface area contributed by atoms with Gasteiger partial charge in [-0.1, -0.05) is 24.1 Å². The summed E-state index contributed by atoms with van der Waals surface area (Å²) < 4.78 is 5.41. The fraction of sp³-hybridized carbons (Fsp3) is 0.214. The molecule has 0 atom stereocenters. The number of ether oxygens (including phenoxy) is 1. The molecule has 8 nitrogen and oxygen atoms in total. The van der Waals surface area contributed by atoms with E-state index in [-0.39, 0.29) is 11.3 Å². The Kier molecular flexibility index (Phi) is 7.61. The van der Waals surface area contributed by atoms with Gasteiger partial charge in [0, 0.05) is 36.0 Å². The van der Waals surface area contributed by atoms with E-state index in [0.29, 0.717) is 28.5 Å². The molecule has 2 heterocycles. The minimum absolute atomic E-state index is 0.217. The number of hydrogen-bond acceptors (Lipinski definition) is 5. The van der Waals surface area contributed by atoms with E-state index in [1.54, 1.807) is 54.6 Å². The number of hydrogen-bond donors (Lipinski definition) is 3. The van der Waals surface area contributed by atoms with Gasteiger partial charge in [-0.05, 0) is 55.7 Å². The van der Waals surface area contributed by atoms with Crippen LogP contribution < -0.4 is 15.4 Å². The average Bonchev–Trinajstić information content (AvgIpc) is 2.93. The Hall–Kier alpha value is -4.64. The third kappa shape index (κ3) is 5.53. The zero-order valence-corrected chi connectivity index (χ0v) is 20.0. The maximum Gasteiger partial charge on any atom is 0.259 e. The van der Waals surface area contributed by atoms with Crippen LogP contribution in [0.15, 0.2) is 60.8 Å². The van der Waals surface area contributed by atoms with Gasteiger partial charge in [0.2, 0.25) is 0 Å². The van der Waals surface area contributed by atoms with Gasteiger partial charge in [0.1, 0.15) is 17.4 Å². The number of likely N-dealkylation sites (tertiary alicyclic amines) is 1. The number of nitrogens with zero attached hydrogens (tertiary/aromatic N) is 2. The van der Waals surface area contributed by atoms with Crippen molar-refractivity contribution >= 4 is 29.2 Å². The largest absolute Gasteiger partial charge is 0.495 e. The lowest BCUT2D eigenvalue weighted by molar-refractivity contribution is 0.102. The Labute approximate surface area is 210 Å². The SMILES string of the molecule is C#Cc1ccc(NC(=O)c2cccc(OC)c2NC(=O)c2ccc(C(=N)N3CCCCC3)cc2)nc1. The number of rotatable bonds is 6. The molecule has 0 unspecified atom stereocenters. The standard InChI is InChI=1S/C28H27N5O3/c1-3-19-10-15-24(30-18-19)31-28(35)22-8-7-9-23(36-2)25(22)32-27(34)21-13-11-20(12-14-21)26(29)33-16-5-4-6-17-33/h1,7-15,18,29H,4-6,16-17H2,2H3,(H,32,34)(H,30,31,35). The second-order valence-corrected chi connectivity index (χ2v) is 8.34. The van der Waals surface area contributed by atoms with Crippen molar-refractivity contribution < 1.29 is 14.3 Å². The molecular weight excluding hydrogens is 454 g/mol. The number of anilines is 2. The smallest absolute Gasteiger partial charge is 0.259 e. The minimum atomic E-state index is -0.463. The number of amidine groups is 1. The summed E-state index contributed by atoms with van der Waals surface area (Å²) in [7, 11) is 1.47. The summed E-state index contributed by atoms with van der Waals surface area (Å²) in [6.45, 7) is 1.76. The van der Waals surface area contributed by atoms with Crippen molar-refractivity contribution in [3.05, 3.63) is 83.0 Å². The normalized spacial score (nSPS) is 12.8. The van der Waals surface area contributed by atoms with Gasteiger partial charge in [0.25, 0.3) is 11.8 Å². The lowest BCUT2D eigenvalue weighted by Crippen LogP contribution is -2.35. The lowest BCUT2D eigenvalue weighted by atomic mass is 10.1. The topological polar surface area (TPSA) is 107 Å². The van der Waals surface area contributed by atoms with Crippen LogP contribution in [-0.2, 0) is 0 Å². The van der Waals surface area contributed by atoms with Crippen LogP contribution in [0.1, 0.15) is 51.1 Å². The molecule has 3 aromatic rings. The number of piperidine rings is 1. The van der Waals surface area contributed by atoms with E-state index in [9.17, 15) is 9.59 Å². The highest BCUT2D eigenvalue weighted by molar-refractivity contribution is 6.13. The van der Waals surface area contributed by atoms with E-state index in [1.807, 2.05) is 0 Å². The van der Waals surface area contributed by atoms with Crippen LogP contribution in [0.4, 0.5) is 11.5 Å². The Balaban J connectivity index is 1.51. The number of pyridine rings is 1. The number of carbonyl (C=O) groups excluding carboxylic acids is 2. The van der Waals surface area contributed by atoms with Crippen LogP contribution >= 0.6 is 0 Å². The maximum atomic E-state index is 13.1. The zero-order valence-electron chi connectivity index (χ0n) is 20.0. The highest BCUT2D eigenvalue weighted by Crippen LogP contribution is 2.29. The van der Waals surface area contributed by atoms with Crippen molar-refractivity contribution in [2.24, 2.45) is 0 Å². The molecule has 1 fully saturated rings. The van der Waals surface area contributed by atoms with E-state index in [2.05, 4.69) is 26.4 Å². The number of methoxy groups -OCH3 is 1. The molecule has 2 aromatic carbocycles. The molecule has 1 aromatic heterocycles. The number of nitrogens with one attached hydrogen (secondary N) is 3. The van der Waals surface area contributed by atoms with E-state index in [4.69, 9.17) is 16.6 Å². The Morgan fingerprint density at radius 2 is 1.69 bits per heavy atom. The first kappa shape index (κ1) is 24.5. The summed E-state index contributed by atoms with van der Waals surface area (Å²) >= 11 is 0.